The Hall–Kier alpha value is -2.29. The number of nitrogens with one attached hydrogen (secondary N) is 1. The zero-order chi connectivity index (χ0) is 20.8. The van der Waals surface area contributed by atoms with Crippen molar-refractivity contribution in [3.63, 3.8) is 0 Å². The third kappa shape index (κ3) is 6.09. The lowest BCUT2D eigenvalue weighted by atomic mass is 10.2. The molecule has 8 heteroatoms. The largest absolute Gasteiger partial charge is 0.447 e. The average Bonchev–Trinajstić information content (AvgIpc) is 3.15. The SMILES string of the molecule is CCC[C@H](O)CN1CCN(Cc2nc(C(=O)Nc3ccc(C)c(F)c3)co2)CC1. The summed E-state index contributed by atoms with van der Waals surface area (Å²) in [6.45, 7) is 8.45. The first-order valence-corrected chi connectivity index (χ1v) is 10.1. The van der Waals surface area contributed by atoms with Crippen LogP contribution in [-0.2, 0) is 6.54 Å². The van der Waals surface area contributed by atoms with Crippen molar-refractivity contribution < 1.29 is 18.7 Å². The summed E-state index contributed by atoms with van der Waals surface area (Å²) < 4.78 is 19.1. The van der Waals surface area contributed by atoms with Crippen LogP contribution < -0.4 is 5.32 Å². The number of rotatable bonds is 8. The predicted molar refractivity (Wildman–Crippen MR) is 108 cm³/mol. The number of amides is 1. The Bertz CT molecular complexity index is 818. The number of aromatic nitrogens is 1. The normalized spacial score (nSPS) is 16.7. The van der Waals surface area contributed by atoms with Gasteiger partial charge in [-0.3, -0.25) is 14.6 Å². The number of aryl methyl sites for hydroxylation is 1. The van der Waals surface area contributed by atoms with Gasteiger partial charge in [0.2, 0.25) is 5.89 Å². The van der Waals surface area contributed by atoms with Gasteiger partial charge in [-0.05, 0) is 31.0 Å². The number of hydrogen-bond acceptors (Lipinski definition) is 6. The Labute approximate surface area is 170 Å². The molecule has 1 saturated heterocycles. The van der Waals surface area contributed by atoms with Crippen molar-refractivity contribution in [1.29, 1.82) is 0 Å². The second kappa shape index (κ2) is 9.96. The Morgan fingerprint density at radius 1 is 1.31 bits per heavy atom. The molecule has 0 spiro atoms. The highest BCUT2D eigenvalue weighted by molar-refractivity contribution is 6.02. The van der Waals surface area contributed by atoms with Crippen molar-refractivity contribution in [2.75, 3.05) is 38.0 Å². The minimum Gasteiger partial charge on any atom is -0.447 e. The summed E-state index contributed by atoms with van der Waals surface area (Å²) in [5.74, 6) is -0.326. The summed E-state index contributed by atoms with van der Waals surface area (Å²) in [5.41, 5.74) is 1.07. The highest BCUT2D eigenvalue weighted by Crippen LogP contribution is 2.15. The van der Waals surface area contributed by atoms with E-state index in [1.807, 2.05) is 0 Å². The number of carbonyl (C=O) groups excluding carboxylic acids is 1. The van der Waals surface area contributed by atoms with E-state index in [1.54, 1.807) is 19.1 Å². The average molecular weight is 404 g/mol. The number of nitrogens with zero attached hydrogens (tertiary/aromatic N) is 3. The molecule has 1 amide bonds. The number of aliphatic hydroxyl groups is 1. The van der Waals surface area contributed by atoms with Crippen LogP contribution in [0.25, 0.3) is 0 Å². The van der Waals surface area contributed by atoms with Crippen molar-refractivity contribution in [2.24, 2.45) is 0 Å². The maximum Gasteiger partial charge on any atom is 0.277 e. The van der Waals surface area contributed by atoms with Gasteiger partial charge in [0.25, 0.3) is 5.91 Å². The number of piperazine rings is 1. The number of oxazole rings is 1. The lowest BCUT2D eigenvalue weighted by molar-refractivity contribution is 0.0634. The number of benzene rings is 1. The molecule has 2 aromatic rings. The Balaban J connectivity index is 1.48. The zero-order valence-corrected chi connectivity index (χ0v) is 17.0. The molecule has 2 heterocycles. The second-order valence-corrected chi connectivity index (χ2v) is 7.56. The number of hydrogen-bond donors (Lipinski definition) is 2. The third-order valence-electron chi connectivity index (χ3n) is 5.13. The van der Waals surface area contributed by atoms with Gasteiger partial charge >= 0.3 is 0 Å². The maximum atomic E-state index is 13.6. The van der Waals surface area contributed by atoms with Crippen LogP contribution in [0.3, 0.4) is 0 Å². The van der Waals surface area contributed by atoms with E-state index in [0.717, 1.165) is 39.0 Å². The molecule has 1 aliphatic rings. The Morgan fingerprint density at radius 3 is 2.72 bits per heavy atom. The maximum absolute atomic E-state index is 13.6. The minimum atomic E-state index is -0.432. The molecular formula is C21H29FN4O3. The molecule has 1 fully saturated rings. The lowest BCUT2D eigenvalue weighted by Crippen LogP contribution is -2.48. The summed E-state index contributed by atoms with van der Waals surface area (Å²) in [7, 11) is 0. The molecule has 0 saturated carbocycles. The Kier molecular flexibility index (Phi) is 7.35. The summed E-state index contributed by atoms with van der Waals surface area (Å²) >= 11 is 0. The highest BCUT2D eigenvalue weighted by Gasteiger charge is 2.21. The summed E-state index contributed by atoms with van der Waals surface area (Å²) in [5, 5.41) is 12.6. The van der Waals surface area contributed by atoms with Gasteiger partial charge in [-0.15, -0.1) is 0 Å². The third-order valence-corrected chi connectivity index (χ3v) is 5.13. The van der Waals surface area contributed by atoms with Gasteiger partial charge in [-0.1, -0.05) is 19.4 Å². The van der Waals surface area contributed by atoms with Crippen LogP contribution in [-0.4, -0.2) is 64.6 Å². The Morgan fingerprint density at radius 2 is 2.03 bits per heavy atom. The van der Waals surface area contributed by atoms with E-state index in [9.17, 15) is 14.3 Å². The van der Waals surface area contributed by atoms with E-state index in [4.69, 9.17) is 4.42 Å². The lowest BCUT2D eigenvalue weighted by Gasteiger charge is -2.34. The molecule has 0 unspecified atom stereocenters. The smallest absolute Gasteiger partial charge is 0.277 e. The molecular weight excluding hydrogens is 375 g/mol. The first-order chi connectivity index (χ1) is 13.9. The van der Waals surface area contributed by atoms with E-state index in [2.05, 4.69) is 27.0 Å². The monoisotopic (exact) mass is 404 g/mol. The van der Waals surface area contributed by atoms with Gasteiger partial charge in [0.1, 0.15) is 12.1 Å². The second-order valence-electron chi connectivity index (χ2n) is 7.56. The van der Waals surface area contributed by atoms with Crippen LogP contribution in [0.4, 0.5) is 10.1 Å². The fourth-order valence-corrected chi connectivity index (χ4v) is 3.40. The van der Waals surface area contributed by atoms with Gasteiger partial charge in [-0.25, -0.2) is 9.37 Å². The van der Waals surface area contributed by atoms with Gasteiger partial charge in [0, 0.05) is 38.4 Å². The van der Waals surface area contributed by atoms with Crippen LogP contribution in [0.1, 0.15) is 41.7 Å². The quantitative estimate of drug-likeness (QED) is 0.704. The van der Waals surface area contributed by atoms with E-state index in [-0.39, 0.29) is 17.6 Å². The van der Waals surface area contributed by atoms with Crippen molar-refractivity contribution in [3.8, 4) is 0 Å². The van der Waals surface area contributed by atoms with Gasteiger partial charge < -0.3 is 14.8 Å². The van der Waals surface area contributed by atoms with Crippen LogP contribution >= 0.6 is 0 Å². The van der Waals surface area contributed by atoms with Gasteiger partial charge in [-0.2, -0.15) is 0 Å². The summed E-state index contributed by atoms with van der Waals surface area (Å²) in [6.07, 6.45) is 2.88. The standard InChI is InChI=1S/C21H29FN4O3/c1-3-4-17(27)12-25-7-9-26(10-8-25)13-20-24-19(14-29-20)21(28)23-16-6-5-15(2)18(22)11-16/h5-6,11,14,17,27H,3-4,7-10,12-13H2,1-2H3,(H,23,28)/t17-/m0/s1. The number of anilines is 1. The van der Waals surface area contributed by atoms with E-state index < -0.39 is 5.91 Å². The van der Waals surface area contributed by atoms with Gasteiger partial charge in [0.15, 0.2) is 5.69 Å². The van der Waals surface area contributed by atoms with Crippen molar-refractivity contribution in [3.05, 3.63) is 47.4 Å². The van der Waals surface area contributed by atoms with E-state index >= 15 is 0 Å². The molecule has 3 rings (SSSR count). The molecule has 0 bridgehead atoms. The summed E-state index contributed by atoms with van der Waals surface area (Å²) in [4.78, 5) is 21.1. The minimum absolute atomic E-state index is 0.169. The number of β-amino-alcohol motifs (C(OH)–C–C–N with tert-alkyl or cyclic N) is 1. The first-order valence-electron chi connectivity index (χ1n) is 10.1. The summed E-state index contributed by atoms with van der Waals surface area (Å²) in [6, 6.07) is 4.54. The molecule has 0 radical (unpaired) electrons. The number of carbonyl (C=O) groups is 1. The molecule has 29 heavy (non-hydrogen) atoms. The number of aliphatic hydroxyl groups excluding tert-OH is 1. The molecule has 7 nitrogen and oxygen atoms in total. The van der Waals surface area contributed by atoms with E-state index in [0.29, 0.717) is 30.2 Å². The topological polar surface area (TPSA) is 81.8 Å². The van der Waals surface area contributed by atoms with Crippen LogP contribution in [0.2, 0.25) is 0 Å². The fraction of sp³-hybridized carbons (Fsp3) is 0.524. The molecule has 0 aliphatic carbocycles. The van der Waals surface area contributed by atoms with Gasteiger partial charge in [0.05, 0.1) is 12.6 Å². The van der Waals surface area contributed by atoms with Crippen molar-refractivity contribution in [1.82, 2.24) is 14.8 Å². The highest BCUT2D eigenvalue weighted by atomic mass is 19.1. The van der Waals surface area contributed by atoms with Crippen molar-refractivity contribution in [2.45, 2.75) is 39.3 Å². The molecule has 158 valence electrons. The number of halogens is 1. The fourth-order valence-electron chi connectivity index (χ4n) is 3.40. The van der Waals surface area contributed by atoms with Crippen LogP contribution in [0.15, 0.2) is 28.9 Å². The first kappa shape index (κ1) is 21.4. The van der Waals surface area contributed by atoms with E-state index in [1.165, 1.54) is 12.3 Å². The molecule has 2 N–H and O–H groups in total. The molecule has 1 aliphatic heterocycles. The molecule has 1 aromatic heterocycles. The predicted octanol–water partition coefficient (Wildman–Crippen LogP) is 2.65. The molecule has 1 aromatic carbocycles. The van der Waals surface area contributed by atoms with Crippen molar-refractivity contribution >= 4 is 11.6 Å². The zero-order valence-electron chi connectivity index (χ0n) is 17.0. The van der Waals surface area contributed by atoms with Crippen LogP contribution in [0, 0.1) is 12.7 Å². The molecule has 1 atom stereocenters. The van der Waals surface area contributed by atoms with Crippen LogP contribution in [0.5, 0.6) is 0 Å².